The number of benzene rings is 1. The zero-order valence-corrected chi connectivity index (χ0v) is 14.4. The maximum atomic E-state index is 6.27. The quantitative estimate of drug-likeness (QED) is 0.504. The number of rotatable bonds is 10. The lowest BCUT2D eigenvalue weighted by Gasteiger charge is -2.09. The summed E-state index contributed by atoms with van der Waals surface area (Å²) in [5.74, 6) is 0. The van der Waals surface area contributed by atoms with E-state index in [0.717, 1.165) is 22.8 Å². The normalized spacial score (nSPS) is 11.1. The van der Waals surface area contributed by atoms with E-state index in [9.17, 15) is 0 Å². The van der Waals surface area contributed by atoms with Crippen molar-refractivity contribution in [2.45, 2.75) is 58.3 Å². The van der Waals surface area contributed by atoms with Gasteiger partial charge in [0.2, 0.25) is 0 Å². The van der Waals surface area contributed by atoms with Crippen LogP contribution in [0.25, 0.3) is 10.2 Å². The minimum Gasteiger partial charge on any atom is -0.382 e. The smallest absolute Gasteiger partial charge is 0.106 e. The second-order valence-electron chi connectivity index (χ2n) is 5.52. The Morgan fingerprint density at radius 1 is 1.05 bits per heavy atom. The molecule has 1 aromatic heterocycles. The van der Waals surface area contributed by atoms with Crippen molar-refractivity contribution in [3.05, 3.63) is 22.7 Å². The van der Waals surface area contributed by atoms with Gasteiger partial charge in [0.1, 0.15) is 5.52 Å². The summed E-state index contributed by atoms with van der Waals surface area (Å²) in [6, 6.07) is 3.99. The summed E-state index contributed by atoms with van der Waals surface area (Å²) in [6.45, 7) is 3.24. The number of halogens is 1. The highest BCUT2D eigenvalue weighted by molar-refractivity contribution is 7.16. The molecular weight excluding hydrogens is 300 g/mol. The summed E-state index contributed by atoms with van der Waals surface area (Å²) < 4.78 is 1.19. The van der Waals surface area contributed by atoms with Crippen molar-refractivity contribution in [2.24, 2.45) is 0 Å². The fraction of sp³-hybridized carbons (Fsp3) is 0.588. The molecule has 0 saturated carbocycles. The van der Waals surface area contributed by atoms with Crippen LogP contribution in [0.5, 0.6) is 0 Å². The Labute approximate surface area is 136 Å². The van der Waals surface area contributed by atoms with Crippen molar-refractivity contribution in [1.29, 1.82) is 0 Å². The first-order valence-corrected chi connectivity index (χ1v) is 9.34. The first-order chi connectivity index (χ1) is 10.3. The van der Waals surface area contributed by atoms with E-state index >= 15 is 0 Å². The number of nitrogens with zero attached hydrogens (tertiary/aromatic N) is 1. The van der Waals surface area contributed by atoms with Crippen LogP contribution in [0.4, 0.5) is 5.69 Å². The van der Waals surface area contributed by atoms with Crippen LogP contribution >= 0.6 is 22.9 Å². The van der Waals surface area contributed by atoms with Crippen LogP contribution in [-0.2, 0) is 0 Å². The summed E-state index contributed by atoms with van der Waals surface area (Å²) in [5, 5.41) is 4.24. The van der Waals surface area contributed by atoms with Crippen molar-refractivity contribution < 1.29 is 0 Å². The number of hydrogen-bond acceptors (Lipinski definition) is 3. The number of nitrogens with one attached hydrogen (secondary N) is 1. The van der Waals surface area contributed by atoms with Crippen molar-refractivity contribution in [3.63, 3.8) is 0 Å². The molecule has 0 atom stereocenters. The monoisotopic (exact) mass is 324 g/mol. The van der Waals surface area contributed by atoms with E-state index in [-0.39, 0.29) is 0 Å². The van der Waals surface area contributed by atoms with Crippen LogP contribution in [0.15, 0.2) is 17.6 Å². The number of fused-ring (bicyclic) bond motifs is 1. The Morgan fingerprint density at radius 3 is 2.52 bits per heavy atom. The molecule has 1 N–H and O–H groups in total. The molecular formula is C17H25ClN2S. The molecule has 4 heteroatoms. The van der Waals surface area contributed by atoms with E-state index in [4.69, 9.17) is 11.6 Å². The molecule has 2 nitrogen and oxygen atoms in total. The minimum atomic E-state index is 0.771. The van der Waals surface area contributed by atoms with Gasteiger partial charge in [-0.05, 0) is 18.6 Å². The Kier molecular flexibility index (Phi) is 7.31. The van der Waals surface area contributed by atoms with Crippen molar-refractivity contribution >= 4 is 38.8 Å². The fourth-order valence-corrected chi connectivity index (χ4v) is 3.45. The van der Waals surface area contributed by atoms with Crippen LogP contribution in [-0.4, -0.2) is 11.5 Å². The Morgan fingerprint density at radius 2 is 1.76 bits per heavy atom. The summed E-state index contributed by atoms with van der Waals surface area (Å²) in [6.07, 6.45) is 10.7. The first kappa shape index (κ1) is 16.6. The molecule has 0 aliphatic heterocycles. The Hall–Kier alpha value is -0.800. The molecule has 0 bridgehead atoms. The molecule has 2 aromatic rings. The molecule has 0 saturated heterocycles. The lowest BCUT2D eigenvalue weighted by Crippen LogP contribution is -2.02. The van der Waals surface area contributed by atoms with E-state index in [1.54, 1.807) is 11.3 Å². The van der Waals surface area contributed by atoms with E-state index in [0.29, 0.717) is 0 Å². The van der Waals surface area contributed by atoms with E-state index in [1.165, 1.54) is 56.1 Å². The highest BCUT2D eigenvalue weighted by Crippen LogP contribution is 2.32. The van der Waals surface area contributed by atoms with Gasteiger partial charge in [-0.2, -0.15) is 0 Å². The zero-order valence-electron chi connectivity index (χ0n) is 12.8. The molecule has 0 unspecified atom stereocenters. The number of unbranched alkanes of at least 4 members (excludes halogenated alkanes) is 7. The van der Waals surface area contributed by atoms with E-state index in [1.807, 2.05) is 17.6 Å². The van der Waals surface area contributed by atoms with Crippen LogP contribution in [0, 0.1) is 0 Å². The highest BCUT2D eigenvalue weighted by atomic mass is 35.5. The van der Waals surface area contributed by atoms with Gasteiger partial charge in [0.05, 0.1) is 20.9 Å². The van der Waals surface area contributed by atoms with Crippen molar-refractivity contribution in [3.8, 4) is 0 Å². The predicted octanol–water partition coefficient (Wildman–Crippen LogP) is 6.50. The number of anilines is 1. The van der Waals surface area contributed by atoms with Gasteiger partial charge in [0.15, 0.2) is 0 Å². The summed E-state index contributed by atoms with van der Waals surface area (Å²) in [7, 11) is 0. The van der Waals surface area contributed by atoms with E-state index in [2.05, 4.69) is 17.2 Å². The Bertz CT molecular complexity index is 539. The van der Waals surface area contributed by atoms with Gasteiger partial charge in [-0.25, -0.2) is 4.98 Å². The third-order valence-electron chi connectivity index (χ3n) is 3.78. The largest absolute Gasteiger partial charge is 0.382 e. The SMILES string of the molecule is CCCCCCCCCCNc1c(Cl)ccc2scnc12. The summed E-state index contributed by atoms with van der Waals surface area (Å²) in [4.78, 5) is 4.41. The molecule has 0 aliphatic rings. The summed E-state index contributed by atoms with van der Waals surface area (Å²) >= 11 is 7.93. The van der Waals surface area contributed by atoms with Crippen LogP contribution in [0.1, 0.15) is 58.3 Å². The van der Waals surface area contributed by atoms with Crippen molar-refractivity contribution in [1.82, 2.24) is 4.98 Å². The number of hydrogen-bond donors (Lipinski definition) is 1. The maximum absolute atomic E-state index is 6.27. The predicted molar refractivity (Wildman–Crippen MR) is 95.7 cm³/mol. The van der Waals surface area contributed by atoms with Crippen LogP contribution in [0.3, 0.4) is 0 Å². The molecule has 2 rings (SSSR count). The van der Waals surface area contributed by atoms with Gasteiger partial charge < -0.3 is 5.32 Å². The molecule has 21 heavy (non-hydrogen) atoms. The molecule has 0 radical (unpaired) electrons. The first-order valence-electron chi connectivity index (χ1n) is 8.08. The molecule has 0 fully saturated rings. The Balaban J connectivity index is 1.66. The summed E-state index contributed by atoms with van der Waals surface area (Å²) in [5.41, 5.74) is 3.88. The molecule has 116 valence electrons. The van der Waals surface area contributed by atoms with Gasteiger partial charge >= 0.3 is 0 Å². The fourth-order valence-electron chi connectivity index (χ4n) is 2.55. The second-order valence-corrected chi connectivity index (χ2v) is 6.82. The van der Waals surface area contributed by atoms with Crippen LogP contribution < -0.4 is 5.32 Å². The topological polar surface area (TPSA) is 24.9 Å². The average Bonchev–Trinajstić information content (AvgIpc) is 2.96. The van der Waals surface area contributed by atoms with Gasteiger partial charge in [0, 0.05) is 6.54 Å². The van der Waals surface area contributed by atoms with Gasteiger partial charge in [0.25, 0.3) is 0 Å². The van der Waals surface area contributed by atoms with Crippen molar-refractivity contribution in [2.75, 3.05) is 11.9 Å². The lowest BCUT2D eigenvalue weighted by molar-refractivity contribution is 0.581. The molecule has 0 aliphatic carbocycles. The third-order valence-corrected chi connectivity index (χ3v) is 4.89. The number of aromatic nitrogens is 1. The van der Waals surface area contributed by atoms with Gasteiger partial charge in [-0.1, -0.05) is 63.5 Å². The zero-order chi connectivity index (χ0) is 14.9. The average molecular weight is 325 g/mol. The molecule has 1 heterocycles. The van der Waals surface area contributed by atoms with Gasteiger partial charge in [-0.3, -0.25) is 0 Å². The van der Waals surface area contributed by atoms with E-state index < -0.39 is 0 Å². The molecule has 1 aromatic carbocycles. The maximum Gasteiger partial charge on any atom is 0.106 e. The molecule has 0 amide bonds. The van der Waals surface area contributed by atoms with Crippen LogP contribution in [0.2, 0.25) is 5.02 Å². The third kappa shape index (κ3) is 5.15. The minimum absolute atomic E-state index is 0.771. The lowest BCUT2D eigenvalue weighted by atomic mass is 10.1. The van der Waals surface area contributed by atoms with Gasteiger partial charge in [-0.15, -0.1) is 11.3 Å². The number of thiazole rings is 1. The highest BCUT2D eigenvalue weighted by Gasteiger charge is 2.07. The molecule has 0 spiro atoms. The second kappa shape index (κ2) is 9.26. The standard InChI is InChI=1S/C17H25ClN2S/c1-2-3-4-5-6-7-8-9-12-19-16-14(18)10-11-15-17(16)20-13-21-15/h10-11,13,19H,2-9,12H2,1H3.